The van der Waals surface area contributed by atoms with Crippen LogP contribution in [0, 0.1) is 0 Å². The van der Waals surface area contributed by atoms with E-state index in [0.29, 0.717) is 26.2 Å². The zero-order valence-corrected chi connectivity index (χ0v) is 21.1. The Morgan fingerprint density at radius 2 is 1.78 bits per heavy atom. The Morgan fingerprint density at radius 1 is 1.08 bits per heavy atom. The Balaban J connectivity index is 1.62. The van der Waals surface area contributed by atoms with Gasteiger partial charge in [0.2, 0.25) is 6.23 Å². The molecular formula is C23H21ClN6O6S. The van der Waals surface area contributed by atoms with Gasteiger partial charge in [-0.1, -0.05) is 29.8 Å². The van der Waals surface area contributed by atoms with E-state index in [4.69, 9.17) is 16.3 Å². The lowest BCUT2D eigenvalue weighted by molar-refractivity contribution is 0.0477. The lowest BCUT2D eigenvalue weighted by Crippen LogP contribution is -2.48. The number of hydrogen-bond donors (Lipinski definition) is 1. The number of carbonyl (C=O) groups excluding carboxylic acids is 2. The van der Waals surface area contributed by atoms with Gasteiger partial charge in [-0.25, -0.2) is 19.7 Å². The highest BCUT2D eigenvalue weighted by Gasteiger charge is 2.45. The van der Waals surface area contributed by atoms with Crippen molar-refractivity contribution in [2.45, 2.75) is 11.1 Å². The van der Waals surface area contributed by atoms with Crippen molar-refractivity contribution in [2.75, 3.05) is 38.1 Å². The first-order valence-corrected chi connectivity index (χ1v) is 13.0. The highest BCUT2D eigenvalue weighted by Crippen LogP contribution is 2.42. The summed E-state index contributed by atoms with van der Waals surface area (Å²) in [7, 11) is -2.70. The first kappa shape index (κ1) is 25.0. The summed E-state index contributed by atoms with van der Waals surface area (Å²) in [6.07, 6.45) is 2.00. The molecule has 0 radical (unpaired) electrons. The van der Waals surface area contributed by atoms with E-state index in [-0.39, 0.29) is 33.4 Å². The Hall–Kier alpha value is -3.65. The standard InChI is InChI=1S/C23H21ClN6O6S/c1-28-8-10-29(11-9-28)23(32)36-22-19-18(25-6-7-26-19)21(31)30(22)20-16(12-14(24)13-27-20)15-4-2-3-5-17(15)37(33,34)35/h2-7,12-13,22H,8-11H2,1H3,(H,33,34,35)/t22-/m0/s1. The van der Waals surface area contributed by atoms with Gasteiger partial charge in [-0.05, 0) is 19.2 Å². The first-order chi connectivity index (χ1) is 17.6. The third kappa shape index (κ3) is 4.73. The summed E-state index contributed by atoms with van der Waals surface area (Å²) in [6.45, 7) is 2.20. The van der Waals surface area contributed by atoms with Crippen LogP contribution in [-0.2, 0) is 14.9 Å². The minimum Gasteiger partial charge on any atom is -0.419 e. The Morgan fingerprint density at radius 3 is 2.51 bits per heavy atom. The van der Waals surface area contributed by atoms with Crippen molar-refractivity contribution in [3.8, 4) is 11.1 Å². The van der Waals surface area contributed by atoms with Gasteiger partial charge >= 0.3 is 6.09 Å². The average Bonchev–Trinajstić information content (AvgIpc) is 3.15. The predicted octanol–water partition coefficient (Wildman–Crippen LogP) is 2.48. The number of nitrogens with zero attached hydrogens (tertiary/aromatic N) is 6. The summed E-state index contributed by atoms with van der Waals surface area (Å²) in [5, 5.41) is 0.148. The lowest BCUT2D eigenvalue weighted by Gasteiger charge is -2.33. The number of carbonyl (C=O) groups is 2. The quantitative estimate of drug-likeness (QED) is 0.486. The summed E-state index contributed by atoms with van der Waals surface area (Å²) in [6, 6.07) is 7.06. The molecule has 4 heterocycles. The van der Waals surface area contributed by atoms with Crippen LogP contribution in [0.15, 0.2) is 53.8 Å². The van der Waals surface area contributed by atoms with Gasteiger partial charge in [0.05, 0.1) is 5.02 Å². The summed E-state index contributed by atoms with van der Waals surface area (Å²) in [4.78, 5) is 43.6. The third-order valence-electron chi connectivity index (χ3n) is 6.11. The van der Waals surface area contributed by atoms with Crippen LogP contribution in [0.2, 0.25) is 5.02 Å². The maximum absolute atomic E-state index is 13.5. The van der Waals surface area contributed by atoms with Gasteiger partial charge in [0.25, 0.3) is 16.0 Å². The molecular weight excluding hydrogens is 524 g/mol. The molecule has 1 aromatic carbocycles. The van der Waals surface area contributed by atoms with Gasteiger partial charge in [0, 0.05) is 55.9 Å². The molecule has 0 bridgehead atoms. The molecule has 14 heteroatoms. The minimum atomic E-state index is -4.65. The second-order valence-corrected chi connectivity index (χ2v) is 10.3. The highest BCUT2D eigenvalue weighted by atomic mass is 35.5. The molecule has 0 unspecified atom stereocenters. The van der Waals surface area contributed by atoms with E-state index in [2.05, 4.69) is 19.9 Å². The molecule has 37 heavy (non-hydrogen) atoms. The summed E-state index contributed by atoms with van der Waals surface area (Å²) >= 11 is 6.20. The van der Waals surface area contributed by atoms with Crippen LogP contribution in [-0.4, -0.2) is 82.9 Å². The fourth-order valence-electron chi connectivity index (χ4n) is 4.25. The molecule has 1 atom stereocenters. The van der Waals surface area contributed by atoms with E-state index in [1.54, 1.807) is 6.07 Å². The number of aromatic nitrogens is 3. The smallest absolute Gasteiger partial charge is 0.412 e. The molecule has 1 N–H and O–H groups in total. The zero-order valence-electron chi connectivity index (χ0n) is 19.5. The predicted molar refractivity (Wildman–Crippen MR) is 132 cm³/mol. The van der Waals surface area contributed by atoms with Crippen LogP contribution in [0.4, 0.5) is 10.6 Å². The van der Waals surface area contributed by atoms with E-state index in [9.17, 15) is 22.6 Å². The molecule has 0 saturated carbocycles. The molecule has 1 fully saturated rings. The first-order valence-electron chi connectivity index (χ1n) is 11.2. The summed E-state index contributed by atoms with van der Waals surface area (Å²) in [5.74, 6) is -0.707. The Labute approximate surface area is 217 Å². The number of piperazine rings is 1. The monoisotopic (exact) mass is 544 g/mol. The number of hydrogen-bond acceptors (Lipinski definition) is 9. The van der Waals surface area contributed by atoms with E-state index in [1.165, 1.54) is 47.8 Å². The molecule has 3 aromatic rings. The van der Waals surface area contributed by atoms with Gasteiger partial charge < -0.3 is 14.5 Å². The number of pyridine rings is 1. The fourth-order valence-corrected chi connectivity index (χ4v) is 5.11. The number of benzene rings is 1. The number of ether oxygens (including phenoxy) is 1. The van der Waals surface area contributed by atoms with Crippen molar-refractivity contribution in [1.29, 1.82) is 0 Å². The third-order valence-corrected chi connectivity index (χ3v) is 7.23. The van der Waals surface area contributed by atoms with Crippen molar-refractivity contribution in [1.82, 2.24) is 24.8 Å². The maximum Gasteiger partial charge on any atom is 0.412 e. The van der Waals surface area contributed by atoms with Gasteiger partial charge in [-0.3, -0.25) is 14.3 Å². The second kappa shape index (κ2) is 9.67. The van der Waals surface area contributed by atoms with Crippen LogP contribution in [0.3, 0.4) is 0 Å². The summed E-state index contributed by atoms with van der Waals surface area (Å²) < 4.78 is 39.9. The molecule has 2 amide bonds. The topological polar surface area (TPSA) is 146 Å². The van der Waals surface area contributed by atoms with Crippen LogP contribution in [0.5, 0.6) is 0 Å². The van der Waals surface area contributed by atoms with Crippen molar-refractivity contribution >= 4 is 39.5 Å². The van der Waals surface area contributed by atoms with E-state index < -0.39 is 33.2 Å². The van der Waals surface area contributed by atoms with Crippen molar-refractivity contribution in [3.63, 3.8) is 0 Å². The number of amides is 2. The molecule has 12 nitrogen and oxygen atoms in total. The normalized spacial score (nSPS) is 18.1. The average molecular weight is 545 g/mol. The van der Waals surface area contributed by atoms with Crippen LogP contribution in [0.1, 0.15) is 22.4 Å². The number of likely N-dealkylation sites (N-methyl/N-ethyl adjacent to an activating group) is 1. The van der Waals surface area contributed by atoms with Crippen molar-refractivity contribution in [3.05, 3.63) is 65.3 Å². The Kier molecular flexibility index (Phi) is 6.54. The minimum absolute atomic E-state index is 0.0376. The fraction of sp³-hybridized carbons (Fsp3) is 0.261. The van der Waals surface area contributed by atoms with Crippen LogP contribution >= 0.6 is 11.6 Å². The van der Waals surface area contributed by atoms with Crippen molar-refractivity contribution in [2.24, 2.45) is 0 Å². The number of rotatable bonds is 4. The maximum atomic E-state index is 13.5. The zero-order chi connectivity index (χ0) is 26.3. The van der Waals surface area contributed by atoms with E-state index >= 15 is 0 Å². The molecule has 0 aliphatic carbocycles. The number of fused-ring (bicyclic) bond motifs is 1. The van der Waals surface area contributed by atoms with Crippen LogP contribution < -0.4 is 4.90 Å². The van der Waals surface area contributed by atoms with Crippen LogP contribution in [0.25, 0.3) is 11.1 Å². The van der Waals surface area contributed by atoms with Gasteiger partial charge in [0.1, 0.15) is 16.4 Å². The van der Waals surface area contributed by atoms with Gasteiger partial charge in [-0.2, -0.15) is 8.42 Å². The van der Waals surface area contributed by atoms with E-state index in [0.717, 1.165) is 4.90 Å². The SMILES string of the molecule is CN1CCN(C(=O)O[C@H]2c3nccnc3C(=O)N2c2ncc(Cl)cc2-c2ccccc2S(=O)(=O)O)CC1. The van der Waals surface area contributed by atoms with Gasteiger partial charge in [0.15, 0.2) is 5.69 Å². The molecule has 5 rings (SSSR count). The van der Waals surface area contributed by atoms with Gasteiger partial charge in [-0.15, -0.1) is 0 Å². The second-order valence-electron chi connectivity index (χ2n) is 8.49. The molecule has 2 aliphatic rings. The Bertz CT molecular complexity index is 1490. The molecule has 0 spiro atoms. The highest BCUT2D eigenvalue weighted by molar-refractivity contribution is 7.86. The van der Waals surface area contributed by atoms with Crippen molar-refractivity contribution < 1.29 is 27.3 Å². The molecule has 192 valence electrons. The molecule has 2 aliphatic heterocycles. The number of halogens is 1. The largest absolute Gasteiger partial charge is 0.419 e. The van der Waals surface area contributed by atoms with E-state index in [1.807, 2.05) is 7.05 Å². The molecule has 2 aromatic heterocycles. The summed E-state index contributed by atoms with van der Waals surface area (Å²) in [5.41, 5.74) is 0.233. The molecule has 1 saturated heterocycles. The lowest BCUT2D eigenvalue weighted by atomic mass is 10.1. The number of anilines is 1.